The number of nitrogens with one attached hydrogen (secondary N) is 2. The first-order valence-electron chi connectivity index (χ1n) is 7.34. The van der Waals surface area contributed by atoms with Gasteiger partial charge in [-0.3, -0.25) is 19.7 Å². The van der Waals surface area contributed by atoms with Gasteiger partial charge in [0.05, 0.1) is 4.92 Å². The Balaban J connectivity index is 2.00. The maximum atomic E-state index is 11.9. The monoisotopic (exact) mass is 305 g/mol. The molecule has 1 aromatic rings. The summed E-state index contributed by atoms with van der Waals surface area (Å²) in [6.07, 6.45) is 4.04. The van der Waals surface area contributed by atoms with Crippen LogP contribution in [0.4, 0.5) is 11.4 Å². The van der Waals surface area contributed by atoms with Crippen LogP contribution in [0.15, 0.2) is 24.3 Å². The maximum absolute atomic E-state index is 11.9. The molecule has 0 spiro atoms. The average Bonchev–Trinajstić information content (AvgIpc) is 2.49. The first kappa shape index (κ1) is 15.9. The number of benzene rings is 1. The van der Waals surface area contributed by atoms with Gasteiger partial charge in [0.2, 0.25) is 0 Å². The average molecular weight is 305 g/mol. The second-order valence-corrected chi connectivity index (χ2v) is 5.57. The Morgan fingerprint density at radius 1 is 1.18 bits per heavy atom. The molecule has 2 rings (SSSR count). The zero-order valence-electron chi connectivity index (χ0n) is 12.4. The Hall–Kier alpha value is -2.44. The van der Waals surface area contributed by atoms with E-state index < -0.39 is 16.7 Å². The molecular formula is C15H19N3O4. The van der Waals surface area contributed by atoms with Gasteiger partial charge in [-0.05, 0) is 24.8 Å². The van der Waals surface area contributed by atoms with Gasteiger partial charge < -0.3 is 10.6 Å². The van der Waals surface area contributed by atoms with Crippen LogP contribution < -0.4 is 10.6 Å². The van der Waals surface area contributed by atoms with Crippen LogP contribution in [-0.4, -0.2) is 22.8 Å². The molecule has 0 aliphatic heterocycles. The fourth-order valence-electron chi connectivity index (χ4n) is 2.68. The quantitative estimate of drug-likeness (QED) is 0.508. The summed E-state index contributed by atoms with van der Waals surface area (Å²) in [7, 11) is 0. The molecule has 0 radical (unpaired) electrons. The molecule has 2 unspecified atom stereocenters. The van der Waals surface area contributed by atoms with Crippen LogP contribution >= 0.6 is 0 Å². The van der Waals surface area contributed by atoms with Crippen molar-refractivity contribution in [2.24, 2.45) is 5.92 Å². The first-order valence-corrected chi connectivity index (χ1v) is 7.34. The summed E-state index contributed by atoms with van der Waals surface area (Å²) in [6, 6.07) is 5.71. The topological polar surface area (TPSA) is 101 Å². The molecule has 1 aliphatic carbocycles. The van der Waals surface area contributed by atoms with Crippen molar-refractivity contribution >= 4 is 23.2 Å². The predicted molar refractivity (Wildman–Crippen MR) is 81.3 cm³/mol. The van der Waals surface area contributed by atoms with Crippen LogP contribution in [0.1, 0.15) is 32.6 Å². The first-order chi connectivity index (χ1) is 10.5. The number of nitro groups is 1. The summed E-state index contributed by atoms with van der Waals surface area (Å²) >= 11 is 0. The van der Waals surface area contributed by atoms with Gasteiger partial charge in [-0.1, -0.05) is 31.9 Å². The molecule has 2 N–H and O–H groups in total. The third-order valence-electron chi connectivity index (χ3n) is 3.98. The fourth-order valence-corrected chi connectivity index (χ4v) is 2.68. The van der Waals surface area contributed by atoms with E-state index in [2.05, 4.69) is 10.6 Å². The van der Waals surface area contributed by atoms with Crippen molar-refractivity contribution in [1.82, 2.24) is 5.32 Å². The molecular weight excluding hydrogens is 286 g/mol. The summed E-state index contributed by atoms with van der Waals surface area (Å²) in [6.45, 7) is 2.05. The lowest BCUT2D eigenvalue weighted by Crippen LogP contribution is -2.45. The van der Waals surface area contributed by atoms with Crippen LogP contribution in [0, 0.1) is 16.0 Å². The lowest BCUT2D eigenvalue weighted by molar-refractivity contribution is -0.383. The zero-order valence-corrected chi connectivity index (χ0v) is 12.4. The molecule has 1 fully saturated rings. The van der Waals surface area contributed by atoms with E-state index in [-0.39, 0.29) is 17.4 Å². The summed E-state index contributed by atoms with van der Waals surface area (Å²) in [5.74, 6) is -1.31. The van der Waals surface area contributed by atoms with E-state index in [1.807, 2.05) is 6.92 Å². The minimum atomic E-state index is -0.882. The lowest BCUT2D eigenvalue weighted by atomic mass is 9.86. The summed E-state index contributed by atoms with van der Waals surface area (Å²) in [5.41, 5.74) is -0.223. The number of para-hydroxylation sites is 2. The van der Waals surface area contributed by atoms with Gasteiger partial charge in [0, 0.05) is 12.1 Å². The third kappa shape index (κ3) is 3.81. The number of nitrogens with zero attached hydrogens (tertiary/aromatic N) is 1. The van der Waals surface area contributed by atoms with E-state index in [0.717, 1.165) is 25.7 Å². The van der Waals surface area contributed by atoms with Crippen molar-refractivity contribution in [2.75, 3.05) is 5.32 Å². The molecule has 2 atom stereocenters. The van der Waals surface area contributed by atoms with Crippen LogP contribution in [0.25, 0.3) is 0 Å². The normalized spacial score (nSPS) is 21.0. The fraction of sp³-hybridized carbons (Fsp3) is 0.467. The molecule has 1 saturated carbocycles. The van der Waals surface area contributed by atoms with Gasteiger partial charge in [0.25, 0.3) is 5.69 Å². The second-order valence-electron chi connectivity index (χ2n) is 5.57. The van der Waals surface area contributed by atoms with Crippen molar-refractivity contribution in [3.05, 3.63) is 34.4 Å². The largest absolute Gasteiger partial charge is 0.345 e. The van der Waals surface area contributed by atoms with Crippen molar-refractivity contribution in [3.63, 3.8) is 0 Å². The Kier molecular flexibility index (Phi) is 5.08. The van der Waals surface area contributed by atoms with Gasteiger partial charge in [0.1, 0.15) is 5.69 Å². The van der Waals surface area contributed by atoms with Crippen molar-refractivity contribution in [2.45, 2.75) is 38.6 Å². The van der Waals surface area contributed by atoms with Crippen LogP contribution in [0.5, 0.6) is 0 Å². The summed E-state index contributed by atoms with van der Waals surface area (Å²) < 4.78 is 0. The molecule has 0 saturated heterocycles. The van der Waals surface area contributed by atoms with E-state index in [4.69, 9.17) is 0 Å². The van der Waals surface area contributed by atoms with E-state index >= 15 is 0 Å². The highest BCUT2D eigenvalue weighted by Crippen LogP contribution is 2.24. The van der Waals surface area contributed by atoms with Crippen molar-refractivity contribution in [3.8, 4) is 0 Å². The Morgan fingerprint density at radius 2 is 1.86 bits per heavy atom. The van der Waals surface area contributed by atoms with E-state index in [0.29, 0.717) is 5.92 Å². The van der Waals surface area contributed by atoms with Gasteiger partial charge in [-0.25, -0.2) is 0 Å². The van der Waals surface area contributed by atoms with Gasteiger partial charge in [-0.15, -0.1) is 0 Å². The minimum Gasteiger partial charge on any atom is -0.345 e. The molecule has 0 bridgehead atoms. The van der Waals surface area contributed by atoms with E-state index in [9.17, 15) is 19.7 Å². The molecule has 0 aromatic heterocycles. The zero-order chi connectivity index (χ0) is 16.1. The number of carbonyl (C=O) groups is 2. The summed E-state index contributed by atoms with van der Waals surface area (Å²) in [5, 5.41) is 15.9. The molecule has 22 heavy (non-hydrogen) atoms. The Labute approximate surface area is 128 Å². The predicted octanol–water partition coefficient (Wildman–Crippen LogP) is 2.23. The maximum Gasteiger partial charge on any atom is 0.313 e. The Morgan fingerprint density at radius 3 is 2.55 bits per heavy atom. The van der Waals surface area contributed by atoms with Crippen LogP contribution in [0.2, 0.25) is 0 Å². The molecule has 7 nitrogen and oxygen atoms in total. The number of nitro benzene ring substituents is 1. The molecule has 1 aromatic carbocycles. The highest BCUT2D eigenvalue weighted by Gasteiger charge is 2.26. The second kappa shape index (κ2) is 7.02. The van der Waals surface area contributed by atoms with E-state index in [1.165, 1.54) is 18.2 Å². The van der Waals surface area contributed by atoms with Crippen molar-refractivity contribution in [1.29, 1.82) is 0 Å². The third-order valence-corrected chi connectivity index (χ3v) is 3.98. The molecule has 2 amide bonds. The minimum absolute atomic E-state index is 0.0160. The number of anilines is 1. The van der Waals surface area contributed by atoms with Crippen LogP contribution in [0.3, 0.4) is 0 Å². The van der Waals surface area contributed by atoms with Gasteiger partial charge >= 0.3 is 11.8 Å². The van der Waals surface area contributed by atoms with Crippen molar-refractivity contribution < 1.29 is 14.5 Å². The number of rotatable bonds is 3. The molecule has 0 heterocycles. The Bertz CT molecular complexity index is 588. The molecule has 7 heteroatoms. The highest BCUT2D eigenvalue weighted by molar-refractivity contribution is 6.39. The standard InChI is InChI=1S/C15H19N3O4/c1-10-6-2-3-7-11(10)16-14(19)15(20)17-12-8-4-5-9-13(12)18(21)22/h4-5,8-11H,2-3,6-7H2,1H3,(H,16,19)(H,17,20). The lowest BCUT2D eigenvalue weighted by Gasteiger charge is -2.29. The molecule has 118 valence electrons. The van der Waals surface area contributed by atoms with Gasteiger partial charge in [0.15, 0.2) is 0 Å². The number of hydrogen-bond donors (Lipinski definition) is 2. The number of carbonyl (C=O) groups excluding carboxylic acids is 2. The SMILES string of the molecule is CC1CCCCC1NC(=O)C(=O)Nc1ccccc1[N+](=O)[O-]. The van der Waals surface area contributed by atoms with Crippen LogP contribution in [-0.2, 0) is 9.59 Å². The number of hydrogen-bond acceptors (Lipinski definition) is 4. The highest BCUT2D eigenvalue weighted by atomic mass is 16.6. The molecule has 1 aliphatic rings. The summed E-state index contributed by atoms with van der Waals surface area (Å²) in [4.78, 5) is 34.2. The number of amides is 2. The van der Waals surface area contributed by atoms with E-state index in [1.54, 1.807) is 6.07 Å². The van der Waals surface area contributed by atoms with Gasteiger partial charge in [-0.2, -0.15) is 0 Å². The smallest absolute Gasteiger partial charge is 0.313 e.